The molecule has 0 saturated carbocycles. The van der Waals surface area contributed by atoms with E-state index in [1.54, 1.807) is 18.2 Å². The normalized spacial score (nSPS) is 12.1. The van der Waals surface area contributed by atoms with Crippen molar-refractivity contribution < 1.29 is 14.3 Å². The van der Waals surface area contributed by atoms with Gasteiger partial charge in [0.2, 0.25) is 5.91 Å². The first-order valence-electron chi connectivity index (χ1n) is 9.07. The van der Waals surface area contributed by atoms with Crippen LogP contribution in [0.4, 0.5) is 11.4 Å². The number of benzene rings is 3. The van der Waals surface area contributed by atoms with Gasteiger partial charge in [0.05, 0.1) is 17.7 Å². The topological polar surface area (TPSA) is 67.4 Å². The predicted molar refractivity (Wildman–Crippen MR) is 109 cm³/mol. The van der Waals surface area contributed by atoms with Crippen molar-refractivity contribution in [1.82, 2.24) is 0 Å². The third kappa shape index (κ3) is 3.74. The molecule has 1 heterocycles. The molecule has 0 radical (unpaired) electrons. The van der Waals surface area contributed by atoms with Crippen LogP contribution in [0.25, 0.3) is 0 Å². The SMILES string of the molecule is Cc1cccc(CC(=O)Nc2ccc3c(c2)C(=O)Nc2cc(C)ccc2O3)c1. The van der Waals surface area contributed by atoms with Gasteiger partial charge < -0.3 is 15.4 Å². The van der Waals surface area contributed by atoms with Crippen molar-refractivity contribution in [3.05, 3.63) is 82.9 Å². The van der Waals surface area contributed by atoms with E-state index in [1.807, 2.05) is 56.3 Å². The molecular formula is C23H20N2O3. The number of amides is 2. The first-order chi connectivity index (χ1) is 13.5. The predicted octanol–water partition coefficient (Wildman–Crippen LogP) is 4.84. The monoisotopic (exact) mass is 372 g/mol. The van der Waals surface area contributed by atoms with E-state index >= 15 is 0 Å². The third-order valence-electron chi connectivity index (χ3n) is 4.56. The Kier molecular flexibility index (Phi) is 4.57. The summed E-state index contributed by atoms with van der Waals surface area (Å²) >= 11 is 0. The first kappa shape index (κ1) is 17.8. The molecule has 0 aliphatic carbocycles. The van der Waals surface area contributed by atoms with Gasteiger partial charge in [-0.25, -0.2) is 0 Å². The zero-order valence-corrected chi connectivity index (χ0v) is 15.7. The summed E-state index contributed by atoms with van der Waals surface area (Å²) in [5.74, 6) is 0.638. The molecule has 0 aromatic heterocycles. The van der Waals surface area contributed by atoms with Crippen LogP contribution < -0.4 is 15.4 Å². The molecule has 0 saturated heterocycles. The number of hydrogen-bond acceptors (Lipinski definition) is 3. The van der Waals surface area contributed by atoms with E-state index in [9.17, 15) is 9.59 Å². The Balaban J connectivity index is 1.54. The van der Waals surface area contributed by atoms with E-state index in [0.717, 1.165) is 16.7 Å². The fourth-order valence-electron chi connectivity index (χ4n) is 3.23. The van der Waals surface area contributed by atoms with Crippen LogP contribution in [0, 0.1) is 13.8 Å². The Labute approximate surface area is 163 Å². The van der Waals surface area contributed by atoms with Crippen LogP contribution in [-0.4, -0.2) is 11.8 Å². The van der Waals surface area contributed by atoms with E-state index < -0.39 is 0 Å². The fraction of sp³-hybridized carbons (Fsp3) is 0.130. The van der Waals surface area contributed by atoms with Gasteiger partial charge in [-0.2, -0.15) is 0 Å². The number of rotatable bonds is 3. The number of carbonyl (C=O) groups is 2. The van der Waals surface area contributed by atoms with Crippen LogP contribution >= 0.6 is 0 Å². The van der Waals surface area contributed by atoms with Crippen LogP contribution in [0.3, 0.4) is 0 Å². The zero-order valence-electron chi connectivity index (χ0n) is 15.7. The van der Waals surface area contributed by atoms with Gasteiger partial charge in [0, 0.05) is 5.69 Å². The summed E-state index contributed by atoms with van der Waals surface area (Å²) < 4.78 is 5.90. The maximum Gasteiger partial charge on any atom is 0.259 e. The molecule has 5 heteroatoms. The first-order valence-corrected chi connectivity index (χ1v) is 9.07. The van der Waals surface area contributed by atoms with Crippen molar-refractivity contribution in [2.75, 3.05) is 10.6 Å². The molecule has 28 heavy (non-hydrogen) atoms. The van der Waals surface area contributed by atoms with Crippen LogP contribution in [0.2, 0.25) is 0 Å². The van der Waals surface area contributed by atoms with Gasteiger partial charge in [-0.3, -0.25) is 9.59 Å². The number of anilines is 2. The highest BCUT2D eigenvalue weighted by Gasteiger charge is 2.21. The third-order valence-corrected chi connectivity index (χ3v) is 4.56. The van der Waals surface area contributed by atoms with Gasteiger partial charge in [0.25, 0.3) is 5.91 Å². The second kappa shape index (κ2) is 7.19. The Morgan fingerprint density at radius 2 is 1.75 bits per heavy atom. The average Bonchev–Trinajstić information content (AvgIpc) is 2.77. The Bertz CT molecular complexity index is 1090. The van der Waals surface area contributed by atoms with Crippen molar-refractivity contribution in [2.45, 2.75) is 20.3 Å². The molecule has 4 rings (SSSR count). The summed E-state index contributed by atoms with van der Waals surface area (Å²) in [5, 5.41) is 5.73. The van der Waals surface area contributed by atoms with Crippen LogP contribution in [0.15, 0.2) is 60.7 Å². The minimum atomic E-state index is -0.269. The molecule has 5 nitrogen and oxygen atoms in total. The number of nitrogens with one attached hydrogen (secondary N) is 2. The number of aryl methyl sites for hydroxylation is 2. The Hall–Kier alpha value is -3.60. The summed E-state index contributed by atoms with van der Waals surface area (Å²) in [7, 11) is 0. The van der Waals surface area contributed by atoms with E-state index in [2.05, 4.69) is 10.6 Å². The molecule has 1 aliphatic rings. The van der Waals surface area contributed by atoms with E-state index in [-0.39, 0.29) is 18.2 Å². The quantitative estimate of drug-likeness (QED) is 0.691. The molecule has 0 unspecified atom stereocenters. The Morgan fingerprint density at radius 3 is 2.57 bits per heavy atom. The van der Waals surface area contributed by atoms with E-state index in [1.165, 1.54) is 0 Å². The molecule has 3 aromatic carbocycles. The van der Waals surface area contributed by atoms with Crippen LogP contribution in [0.1, 0.15) is 27.0 Å². The molecule has 3 aromatic rings. The summed E-state index contributed by atoms with van der Waals surface area (Å²) in [4.78, 5) is 25.0. The van der Waals surface area contributed by atoms with Crippen LogP contribution in [-0.2, 0) is 11.2 Å². The van der Waals surface area contributed by atoms with Gasteiger partial charge in [0.1, 0.15) is 5.75 Å². The second-order valence-electron chi connectivity index (χ2n) is 6.98. The van der Waals surface area contributed by atoms with Crippen molar-refractivity contribution in [3.8, 4) is 11.5 Å². The van der Waals surface area contributed by atoms with Gasteiger partial charge in [-0.05, 0) is 55.3 Å². The number of fused-ring (bicyclic) bond motifs is 2. The summed E-state index contributed by atoms with van der Waals surface area (Å²) in [6.07, 6.45) is 0.270. The van der Waals surface area contributed by atoms with E-state index in [0.29, 0.717) is 28.4 Å². The highest BCUT2D eigenvalue weighted by molar-refractivity contribution is 6.09. The number of hydrogen-bond donors (Lipinski definition) is 2. The highest BCUT2D eigenvalue weighted by Crippen LogP contribution is 2.37. The minimum Gasteiger partial charge on any atom is -0.454 e. The maximum absolute atomic E-state index is 12.6. The molecular weight excluding hydrogens is 352 g/mol. The van der Waals surface area contributed by atoms with Gasteiger partial charge in [-0.15, -0.1) is 0 Å². The molecule has 0 bridgehead atoms. The molecule has 140 valence electrons. The standard InChI is InChI=1S/C23H20N2O3/c1-14-4-3-5-16(10-14)12-22(26)24-17-7-9-20-18(13-17)23(27)25-19-11-15(2)6-8-21(19)28-20/h3-11,13H,12H2,1-2H3,(H,24,26)(H,25,27). The Morgan fingerprint density at radius 1 is 0.964 bits per heavy atom. The minimum absolute atomic E-state index is 0.139. The lowest BCUT2D eigenvalue weighted by molar-refractivity contribution is -0.115. The molecule has 2 N–H and O–H groups in total. The maximum atomic E-state index is 12.6. The lowest BCUT2D eigenvalue weighted by Gasteiger charge is -2.10. The lowest BCUT2D eigenvalue weighted by Crippen LogP contribution is -2.16. The van der Waals surface area contributed by atoms with Crippen molar-refractivity contribution in [3.63, 3.8) is 0 Å². The summed E-state index contributed by atoms with van der Waals surface area (Å²) in [5.41, 5.74) is 4.64. The van der Waals surface area contributed by atoms with Crippen molar-refractivity contribution in [2.24, 2.45) is 0 Å². The molecule has 0 spiro atoms. The summed E-state index contributed by atoms with van der Waals surface area (Å²) in [6, 6.07) is 18.5. The van der Waals surface area contributed by atoms with Crippen LogP contribution in [0.5, 0.6) is 11.5 Å². The van der Waals surface area contributed by atoms with Gasteiger partial charge in [0.15, 0.2) is 5.75 Å². The molecule has 0 fully saturated rings. The summed E-state index contributed by atoms with van der Waals surface area (Å²) in [6.45, 7) is 3.94. The van der Waals surface area contributed by atoms with Gasteiger partial charge >= 0.3 is 0 Å². The zero-order chi connectivity index (χ0) is 19.7. The molecule has 0 atom stereocenters. The van der Waals surface area contributed by atoms with Crippen molar-refractivity contribution >= 4 is 23.2 Å². The fourth-order valence-corrected chi connectivity index (χ4v) is 3.23. The van der Waals surface area contributed by atoms with Gasteiger partial charge in [-0.1, -0.05) is 35.9 Å². The number of carbonyl (C=O) groups excluding carboxylic acids is 2. The molecule has 1 aliphatic heterocycles. The number of ether oxygens (including phenoxy) is 1. The smallest absolute Gasteiger partial charge is 0.259 e. The van der Waals surface area contributed by atoms with Crippen molar-refractivity contribution in [1.29, 1.82) is 0 Å². The van der Waals surface area contributed by atoms with E-state index in [4.69, 9.17) is 4.74 Å². The lowest BCUT2D eigenvalue weighted by atomic mass is 10.1. The largest absolute Gasteiger partial charge is 0.454 e. The highest BCUT2D eigenvalue weighted by atomic mass is 16.5. The average molecular weight is 372 g/mol. The second-order valence-corrected chi connectivity index (χ2v) is 6.98. The molecule has 2 amide bonds.